The highest BCUT2D eigenvalue weighted by molar-refractivity contribution is 5.82. The van der Waals surface area contributed by atoms with Crippen molar-refractivity contribution in [3.63, 3.8) is 0 Å². The van der Waals surface area contributed by atoms with E-state index in [1.807, 2.05) is 25.2 Å². The van der Waals surface area contributed by atoms with Gasteiger partial charge in [0.05, 0.1) is 0 Å². The van der Waals surface area contributed by atoms with E-state index >= 15 is 0 Å². The minimum absolute atomic E-state index is 0.0612. The molecule has 0 aromatic heterocycles. The average molecular weight is 233 g/mol. The maximum absolute atomic E-state index is 11.8. The van der Waals surface area contributed by atoms with Gasteiger partial charge in [0.25, 0.3) is 0 Å². The number of hydrogen-bond acceptors (Lipinski definition) is 3. The van der Waals surface area contributed by atoms with E-state index in [1.54, 1.807) is 0 Å². The Morgan fingerprint density at radius 1 is 1.41 bits per heavy atom. The second kappa shape index (κ2) is 5.80. The molecule has 1 aliphatic rings. The Bertz CT molecular complexity index is 366. The van der Waals surface area contributed by atoms with Crippen LogP contribution in [0.5, 0.6) is 0 Å². The number of rotatable bonds is 4. The number of nitrogens with zero attached hydrogens (tertiary/aromatic N) is 1. The summed E-state index contributed by atoms with van der Waals surface area (Å²) in [5.74, 6) is 0.126. The molecule has 17 heavy (non-hydrogen) atoms. The SMILES string of the molecule is CNCC1C(=O)NCCN1Cc1ccccc1. The van der Waals surface area contributed by atoms with Gasteiger partial charge in [0.1, 0.15) is 6.04 Å². The number of benzene rings is 1. The molecule has 1 amide bonds. The summed E-state index contributed by atoms with van der Waals surface area (Å²) in [4.78, 5) is 14.0. The third kappa shape index (κ3) is 3.05. The monoisotopic (exact) mass is 233 g/mol. The number of amides is 1. The van der Waals surface area contributed by atoms with Gasteiger partial charge in [-0.2, -0.15) is 0 Å². The third-order valence-corrected chi connectivity index (χ3v) is 3.07. The van der Waals surface area contributed by atoms with Gasteiger partial charge in [0, 0.05) is 26.2 Å². The molecule has 1 fully saturated rings. The van der Waals surface area contributed by atoms with Gasteiger partial charge < -0.3 is 10.6 Å². The summed E-state index contributed by atoms with van der Waals surface area (Å²) in [6.45, 7) is 3.18. The lowest BCUT2D eigenvalue weighted by atomic mass is 10.1. The van der Waals surface area contributed by atoms with E-state index in [4.69, 9.17) is 0 Å². The Kier molecular flexibility index (Phi) is 4.12. The lowest BCUT2D eigenvalue weighted by Gasteiger charge is -2.34. The molecule has 1 aromatic carbocycles. The minimum atomic E-state index is -0.0612. The normalized spacial score (nSPS) is 21.2. The fourth-order valence-electron chi connectivity index (χ4n) is 2.18. The predicted molar refractivity (Wildman–Crippen MR) is 67.6 cm³/mol. The Morgan fingerprint density at radius 2 is 2.18 bits per heavy atom. The Balaban J connectivity index is 2.04. The van der Waals surface area contributed by atoms with Crippen LogP contribution in [0.4, 0.5) is 0 Å². The van der Waals surface area contributed by atoms with Crippen LogP contribution in [0.25, 0.3) is 0 Å². The zero-order valence-corrected chi connectivity index (χ0v) is 10.1. The van der Waals surface area contributed by atoms with Crippen LogP contribution in [0.3, 0.4) is 0 Å². The number of carbonyl (C=O) groups excluding carboxylic acids is 1. The first-order valence-corrected chi connectivity index (χ1v) is 6.01. The lowest BCUT2D eigenvalue weighted by molar-refractivity contribution is -0.129. The molecule has 1 saturated heterocycles. The molecule has 0 aliphatic carbocycles. The molecule has 0 spiro atoms. The Labute approximate surface area is 102 Å². The van der Waals surface area contributed by atoms with Crippen LogP contribution in [0.1, 0.15) is 5.56 Å². The molecular weight excluding hydrogens is 214 g/mol. The molecule has 1 atom stereocenters. The van der Waals surface area contributed by atoms with Gasteiger partial charge in [0.2, 0.25) is 5.91 Å². The molecule has 1 unspecified atom stereocenters. The summed E-state index contributed by atoms with van der Waals surface area (Å²) in [6.07, 6.45) is 0. The Hall–Kier alpha value is -1.39. The fraction of sp³-hybridized carbons (Fsp3) is 0.462. The summed E-state index contributed by atoms with van der Waals surface area (Å²) in [5, 5.41) is 5.99. The number of piperazine rings is 1. The van der Waals surface area contributed by atoms with Crippen molar-refractivity contribution in [1.29, 1.82) is 0 Å². The quantitative estimate of drug-likeness (QED) is 0.781. The van der Waals surface area contributed by atoms with Crippen molar-refractivity contribution >= 4 is 5.91 Å². The molecule has 1 heterocycles. The van der Waals surface area contributed by atoms with Crippen LogP contribution in [0.2, 0.25) is 0 Å². The lowest BCUT2D eigenvalue weighted by Crippen LogP contribution is -2.57. The van der Waals surface area contributed by atoms with Crippen LogP contribution < -0.4 is 10.6 Å². The first-order chi connectivity index (χ1) is 8.31. The van der Waals surface area contributed by atoms with E-state index in [0.29, 0.717) is 6.54 Å². The van der Waals surface area contributed by atoms with Crippen molar-refractivity contribution < 1.29 is 4.79 Å². The van der Waals surface area contributed by atoms with Gasteiger partial charge in [-0.15, -0.1) is 0 Å². The van der Waals surface area contributed by atoms with Crippen molar-refractivity contribution in [3.05, 3.63) is 35.9 Å². The number of nitrogens with one attached hydrogen (secondary N) is 2. The van der Waals surface area contributed by atoms with Crippen molar-refractivity contribution in [2.75, 3.05) is 26.7 Å². The highest BCUT2D eigenvalue weighted by atomic mass is 16.2. The van der Waals surface area contributed by atoms with Gasteiger partial charge in [-0.25, -0.2) is 0 Å². The average Bonchev–Trinajstić information content (AvgIpc) is 2.35. The molecule has 92 valence electrons. The summed E-state index contributed by atoms with van der Waals surface area (Å²) in [6, 6.07) is 10.2. The van der Waals surface area contributed by atoms with E-state index in [0.717, 1.165) is 19.6 Å². The molecule has 2 N–H and O–H groups in total. The second-order valence-electron chi connectivity index (χ2n) is 4.32. The summed E-state index contributed by atoms with van der Waals surface area (Å²) >= 11 is 0. The topological polar surface area (TPSA) is 44.4 Å². The number of likely N-dealkylation sites (N-methyl/N-ethyl adjacent to an activating group) is 1. The summed E-state index contributed by atoms with van der Waals surface area (Å²) < 4.78 is 0. The van der Waals surface area contributed by atoms with Crippen molar-refractivity contribution in [3.8, 4) is 0 Å². The first-order valence-electron chi connectivity index (χ1n) is 6.01. The highest BCUT2D eigenvalue weighted by Crippen LogP contribution is 2.10. The molecule has 0 radical (unpaired) electrons. The van der Waals surface area contributed by atoms with Crippen LogP contribution in [0.15, 0.2) is 30.3 Å². The van der Waals surface area contributed by atoms with Crippen LogP contribution >= 0.6 is 0 Å². The van der Waals surface area contributed by atoms with Crippen LogP contribution in [-0.4, -0.2) is 43.5 Å². The van der Waals surface area contributed by atoms with Gasteiger partial charge in [-0.05, 0) is 12.6 Å². The number of carbonyl (C=O) groups is 1. The molecular formula is C13H19N3O. The van der Waals surface area contributed by atoms with E-state index in [9.17, 15) is 4.79 Å². The van der Waals surface area contributed by atoms with E-state index in [2.05, 4.69) is 27.7 Å². The zero-order chi connectivity index (χ0) is 12.1. The minimum Gasteiger partial charge on any atom is -0.353 e. The molecule has 1 aromatic rings. The van der Waals surface area contributed by atoms with Gasteiger partial charge in [-0.1, -0.05) is 30.3 Å². The van der Waals surface area contributed by atoms with E-state index in [1.165, 1.54) is 5.56 Å². The maximum Gasteiger partial charge on any atom is 0.238 e. The summed E-state index contributed by atoms with van der Waals surface area (Å²) in [7, 11) is 1.88. The third-order valence-electron chi connectivity index (χ3n) is 3.07. The van der Waals surface area contributed by atoms with Crippen molar-refractivity contribution in [1.82, 2.24) is 15.5 Å². The first kappa shape index (κ1) is 12.1. The van der Waals surface area contributed by atoms with Crippen molar-refractivity contribution in [2.24, 2.45) is 0 Å². The predicted octanol–water partition coefficient (Wildman–Crippen LogP) is 0.206. The van der Waals surface area contributed by atoms with Crippen LogP contribution in [-0.2, 0) is 11.3 Å². The molecule has 4 nitrogen and oxygen atoms in total. The number of hydrogen-bond donors (Lipinski definition) is 2. The van der Waals surface area contributed by atoms with E-state index in [-0.39, 0.29) is 11.9 Å². The molecule has 4 heteroatoms. The smallest absolute Gasteiger partial charge is 0.238 e. The van der Waals surface area contributed by atoms with Gasteiger partial charge >= 0.3 is 0 Å². The fourth-order valence-corrected chi connectivity index (χ4v) is 2.18. The highest BCUT2D eigenvalue weighted by Gasteiger charge is 2.28. The van der Waals surface area contributed by atoms with Gasteiger partial charge in [0.15, 0.2) is 0 Å². The summed E-state index contributed by atoms with van der Waals surface area (Å²) in [5.41, 5.74) is 1.25. The van der Waals surface area contributed by atoms with Crippen molar-refractivity contribution in [2.45, 2.75) is 12.6 Å². The Morgan fingerprint density at radius 3 is 2.88 bits per heavy atom. The standard InChI is InChI=1S/C13H19N3O/c1-14-9-12-13(17)15-7-8-16(12)10-11-5-3-2-4-6-11/h2-6,12,14H,7-10H2,1H3,(H,15,17). The molecule has 0 saturated carbocycles. The van der Waals surface area contributed by atoms with E-state index < -0.39 is 0 Å². The maximum atomic E-state index is 11.8. The zero-order valence-electron chi connectivity index (χ0n) is 10.1. The van der Waals surface area contributed by atoms with Crippen LogP contribution in [0, 0.1) is 0 Å². The molecule has 1 aliphatic heterocycles. The second-order valence-corrected chi connectivity index (χ2v) is 4.32. The molecule has 2 rings (SSSR count). The van der Waals surface area contributed by atoms with Gasteiger partial charge in [-0.3, -0.25) is 9.69 Å². The largest absolute Gasteiger partial charge is 0.353 e. The molecule has 0 bridgehead atoms.